The molecule has 1 aromatic heterocycles. The van der Waals surface area contributed by atoms with Gasteiger partial charge in [0.05, 0.1) is 18.4 Å². The molecule has 0 radical (unpaired) electrons. The summed E-state index contributed by atoms with van der Waals surface area (Å²) in [4.78, 5) is 0. The molecule has 0 saturated carbocycles. The monoisotopic (exact) mass is 200 g/mol. The minimum absolute atomic E-state index is 0.643. The first-order chi connectivity index (χ1) is 7.31. The zero-order chi connectivity index (χ0) is 10.7. The Labute approximate surface area is 88.0 Å². The highest BCUT2D eigenvalue weighted by molar-refractivity contribution is 5.63. The normalized spacial score (nSPS) is 10.1. The topological polar surface area (TPSA) is 56.7 Å². The van der Waals surface area contributed by atoms with Crippen molar-refractivity contribution in [1.29, 1.82) is 0 Å². The summed E-state index contributed by atoms with van der Waals surface area (Å²) in [6, 6.07) is 7.65. The number of aromatic nitrogens is 3. The van der Waals surface area contributed by atoms with Crippen molar-refractivity contribution in [3.63, 3.8) is 0 Å². The second-order valence-corrected chi connectivity index (χ2v) is 3.22. The molecule has 0 spiro atoms. The zero-order valence-electron chi connectivity index (χ0n) is 8.30. The van der Waals surface area contributed by atoms with E-state index in [1.165, 1.54) is 0 Å². The van der Waals surface area contributed by atoms with E-state index >= 15 is 0 Å². The molecule has 2 N–H and O–H groups in total. The Bertz CT molecular complexity index is 473. The van der Waals surface area contributed by atoms with Crippen molar-refractivity contribution >= 4 is 5.69 Å². The molecule has 0 amide bonds. The first-order valence-corrected chi connectivity index (χ1v) is 4.66. The molecule has 0 atom stereocenters. The number of anilines is 1. The molecule has 0 aliphatic rings. The Kier molecular flexibility index (Phi) is 2.49. The zero-order valence-corrected chi connectivity index (χ0v) is 8.30. The van der Waals surface area contributed by atoms with E-state index in [2.05, 4.69) is 16.9 Å². The summed E-state index contributed by atoms with van der Waals surface area (Å²) in [5.41, 5.74) is 8.42. The van der Waals surface area contributed by atoms with Gasteiger partial charge in [-0.1, -0.05) is 23.4 Å². The van der Waals surface area contributed by atoms with Crippen molar-refractivity contribution < 1.29 is 0 Å². The van der Waals surface area contributed by atoms with Crippen molar-refractivity contribution in [2.45, 2.75) is 6.54 Å². The van der Waals surface area contributed by atoms with Crippen molar-refractivity contribution in [2.75, 3.05) is 5.73 Å². The number of nitrogens with zero attached hydrogens (tertiary/aromatic N) is 3. The highest BCUT2D eigenvalue weighted by Gasteiger charge is 2.04. The van der Waals surface area contributed by atoms with E-state index in [9.17, 15) is 0 Å². The average Bonchev–Trinajstić information content (AvgIpc) is 2.66. The van der Waals surface area contributed by atoms with E-state index in [-0.39, 0.29) is 0 Å². The van der Waals surface area contributed by atoms with Crippen molar-refractivity contribution in [3.8, 4) is 11.3 Å². The third-order valence-electron chi connectivity index (χ3n) is 2.10. The van der Waals surface area contributed by atoms with Gasteiger partial charge in [-0.25, -0.2) is 4.68 Å². The van der Waals surface area contributed by atoms with Gasteiger partial charge in [0, 0.05) is 11.3 Å². The van der Waals surface area contributed by atoms with Crippen LogP contribution >= 0.6 is 0 Å². The van der Waals surface area contributed by atoms with E-state index in [1.54, 1.807) is 17.0 Å². The van der Waals surface area contributed by atoms with Crippen LogP contribution in [0.5, 0.6) is 0 Å². The first-order valence-electron chi connectivity index (χ1n) is 4.66. The molecular weight excluding hydrogens is 188 g/mol. The molecule has 0 bridgehead atoms. The minimum atomic E-state index is 0.643. The molecule has 1 aromatic carbocycles. The summed E-state index contributed by atoms with van der Waals surface area (Å²) in [7, 11) is 0. The largest absolute Gasteiger partial charge is 0.399 e. The molecule has 4 heteroatoms. The van der Waals surface area contributed by atoms with Gasteiger partial charge >= 0.3 is 0 Å². The van der Waals surface area contributed by atoms with Gasteiger partial charge < -0.3 is 5.73 Å². The van der Waals surface area contributed by atoms with E-state index in [1.807, 2.05) is 24.3 Å². The minimum Gasteiger partial charge on any atom is -0.399 e. The fourth-order valence-corrected chi connectivity index (χ4v) is 1.44. The molecular formula is C11H12N4. The molecule has 0 saturated heterocycles. The molecule has 1 heterocycles. The third-order valence-corrected chi connectivity index (χ3v) is 2.10. The second-order valence-electron chi connectivity index (χ2n) is 3.22. The predicted molar refractivity (Wildman–Crippen MR) is 60.1 cm³/mol. The molecule has 2 rings (SSSR count). The number of hydrogen-bond acceptors (Lipinski definition) is 3. The summed E-state index contributed by atoms with van der Waals surface area (Å²) in [6.07, 6.45) is 3.50. The van der Waals surface area contributed by atoms with Crippen LogP contribution in [0.4, 0.5) is 5.69 Å². The van der Waals surface area contributed by atoms with Crippen LogP contribution in [0.2, 0.25) is 0 Å². The second kappa shape index (κ2) is 3.96. The van der Waals surface area contributed by atoms with E-state index < -0.39 is 0 Å². The molecule has 0 aliphatic heterocycles. The number of nitrogens with two attached hydrogens (primary N) is 1. The van der Waals surface area contributed by atoms with Crippen LogP contribution in [0.3, 0.4) is 0 Å². The molecule has 0 unspecified atom stereocenters. The summed E-state index contributed by atoms with van der Waals surface area (Å²) in [6.45, 7) is 4.32. The lowest BCUT2D eigenvalue weighted by molar-refractivity contribution is 0.668. The van der Waals surface area contributed by atoms with Gasteiger partial charge in [0.2, 0.25) is 0 Å². The Hall–Kier alpha value is -2.10. The molecule has 76 valence electrons. The number of rotatable bonds is 3. The van der Waals surface area contributed by atoms with Crippen molar-refractivity contribution in [3.05, 3.63) is 43.1 Å². The molecule has 2 aromatic rings. The first kappa shape index (κ1) is 9.45. The molecule has 4 nitrogen and oxygen atoms in total. The van der Waals surface area contributed by atoms with Gasteiger partial charge in [-0.2, -0.15) is 0 Å². The van der Waals surface area contributed by atoms with E-state index in [0.717, 1.165) is 16.9 Å². The van der Waals surface area contributed by atoms with Gasteiger partial charge in [-0.05, 0) is 12.1 Å². The standard InChI is InChI=1S/C11H12N4/c1-2-6-15-11(8-13-14-15)9-4-3-5-10(12)7-9/h2-5,7-8H,1,6,12H2. The Morgan fingerprint density at radius 3 is 3.07 bits per heavy atom. The van der Waals surface area contributed by atoms with Crippen molar-refractivity contribution in [1.82, 2.24) is 15.0 Å². The van der Waals surface area contributed by atoms with Crippen LogP contribution in [0, 0.1) is 0 Å². The Balaban J connectivity index is 2.44. The Morgan fingerprint density at radius 2 is 2.33 bits per heavy atom. The van der Waals surface area contributed by atoms with Gasteiger partial charge in [-0.15, -0.1) is 11.7 Å². The van der Waals surface area contributed by atoms with Crippen LogP contribution in [0.15, 0.2) is 43.1 Å². The Morgan fingerprint density at radius 1 is 1.47 bits per heavy atom. The van der Waals surface area contributed by atoms with Crippen LogP contribution in [-0.4, -0.2) is 15.0 Å². The lowest BCUT2D eigenvalue weighted by atomic mass is 10.1. The van der Waals surface area contributed by atoms with Crippen molar-refractivity contribution in [2.24, 2.45) is 0 Å². The predicted octanol–water partition coefficient (Wildman–Crippen LogP) is 1.71. The third kappa shape index (κ3) is 1.88. The quantitative estimate of drug-likeness (QED) is 0.606. The van der Waals surface area contributed by atoms with Crippen LogP contribution < -0.4 is 5.73 Å². The highest BCUT2D eigenvalue weighted by Crippen LogP contribution is 2.19. The lowest BCUT2D eigenvalue weighted by Gasteiger charge is -2.03. The summed E-state index contributed by atoms with van der Waals surface area (Å²) >= 11 is 0. The maximum Gasteiger partial charge on any atom is 0.0890 e. The lowest BCUT2D eigenvalue weighted by Crippen LogP contribution is -2.00. The number of allylic oxidation sites excluding steroid dienone is 1. The number of nitrogen functional groups attached to an aromatic ring is 1. The molecule has 0 fully saturated rings. The fourth-order valence-electron chi connectivity index (χ4n) is 1.44. The summed E-state index contributed by atoms with van der Waals surface area (Å²) in [5, 5.41) is 7.84. The maximum absolute atomic E-state index is 5.72. The van der Waals surface area contributed by atoms with Gasteiger partial charge in [0.15, 0.2) is 0 Å². The SMILES string of the molecule is C=CCn1nncc1-c1cccc(N)c1. The van der Waals surface area contributed by atoms with Gasteiger partial charge in [-0.3, -0.25) is 0 Å². The van der Waals surface area contributed by atoms with Gasteiger partial charge in [0.25, 0.3) is 0 Å². The van der Waals surface area contributed by atoms with Crippen LogP contribution in [0.25, 0.3) is 11.3 Å². The molecule has 15 heavy (non-hydrogen) atoms. The molecule has 0 aliphatic carbocycles. The van der Waals surface area contributed by atoms with Crippen LogP contribution in [0.1, 0.15) is 0 Å². The van der Waals surface area contributed by atoms with E-state index in [0.29, 0.717) is 6.54 Å². The smallest absolute Gasteiger partial charge is 0.0890 e. The van der Waals surface area contributed by atoms with Gasteiger partial charge in [0.1, 0.15) is 0 Å². The van der Waals surface area contributed by atoms with E-state index in [4.69, 9.17) is 5.73 Å². The number of benzene rings is 1. The fraction of sp³-hybridized carbons (Fsp3) is 0.0909. The highest BCUT2D eigenvalue weighted by atomic mass is 15.4. The van der Waals surface area contributed by atoms with Crippen LogP contribution in [-0.2, 0) is 6.54 Å². The summed E-state index contributed by atoms with van der Waals surface area (Å²) in [5.74, 6) is 0. The summed E-state index contributed by atoms with van der Waals surface area (Å²) < 4.78 is 1.78. The number of hydrogen-bond donors (Lipinski definition) is 1. The average molecular weight is 200 g/mol. The maximum atomic E-state index is 5.72.